The normalized spacial score (nSPS) is 18.9. The van der Waals surface area contributed by atoms with Crippen LogP contribution in [0.15, 0.2) is 36.5 Å². The summed E-state index contributed by atoms with van der Waals surface area (Å²) in [4.78, 5) is 30.2. The number of aromatic hydroxyl groups is 1. The van der Waals surface area contributed by atoms with Crippen molar-refractivity contribution in [1.29, 1.82) is 0 Å². The van der Waals surface area contributed by atoms with Crippen LogP contribution in [0.3, 0.4) is 0 Å². The van der Waals surface area contributed by atoms with E-state index in [-0.39, 0.29) is 41.1 Å². The van der Waals surface area contributed by atoms with Gasteiger partial charge in [0.05, 0.1) is 24.6 Å². The van der Waals surface area contributed by atoms with Gasteiger partial charge in [-0.3, -0.25) is 9.88 Å². The first-order valence-electron chi connectivity index (χ1n) is 13.1. The lowest BCUT2D eigenvalue weighted by Crippen LogP contribution is -2.57. The Hall–Kier alpha value is -3.92. The number of halogens is 2. The highest BCUT2D eigenvalue weighted by molar-refractivity contribution is 6.36. The number of hydrogen-bond donors (Lipinski definition) is 1. The monoisotopic (exact) mass is 565 g/mol. The van der Waals surface area contributed by atoms with Gasteiger partial charge in [0.2, 0.25) is 0 Å². The van der Waals surface area contributed by atoms with E-state index in [0.29, 0.717) is 45.7 Å². The second-order valence-corrected chi connectivity index (χ2v) is 11.6. The lowest BCUT2D eigenvalue weighted by Gasteiger charge is -2.42. The molecule has 2 fully saturated rings. The van der Waals surface area contributed by atoms with Crippen molar-refractivity contribution in [3.63, 3.8) is 0 Å². The molecule has 0 saturated carbocycles. The number of hydrogen-bond acceptors (Lipinski definition) is 8. The summed E-state index contributed by atoms with van der Waals surface area (Å²) in [6.07, 6.45) is 2.89. The number of phenolic OH excluding ortho intramolecular Hbond substituents is 1. The van der Waals surface area contributed by atoms with Crippen molar-refractivity contribution in [2.24, 2.45) is 0 Å². The molecular weight excluding hydrogens is 537 g/mol. The van der Waals surface area contributed by atoms with Gasteiger partial charge in [-0.05, 0) is 57.2 Å². The highest BCUT2D eigenvalue weighted by atomic mass is 35.5. The molecule has 9 nitrogen and oxygen atoms in total. The fourth-order valence-corrected chi connectivity index (χ4v) is 6.07. The van der Waals surface area contributed by atoms with Gasteiger partial charge in [-0.25, -0.2) is 9.18 Å². The van der Waals surface area contributed by atoms with Crippen LogP contribution in [0.25, 0.3) is 32.9 Å². The Bertz CT molecular complexity index is 1650. The Labute approximate surface area is 235 Å². The van der Waals surface area contributed by atoms with Gasteiger partial charge in [0.15, 0.2) is 5.82 Å². The molecule has 0 aliphatic carbocycles. The van der Waals surface area contributed by atoms with Gasteiger partial charge < -0.3 is 19.5 Å². The zero-order valence-electron chi connectivity index (χ0n) is 22.6. The smallest absolute Gasteiger partial charge is 0.410 e. The maximum Gasteiger partial charge on any atom is 0.410 e. The van der Waals surface area contributed by atoms with Crippen LogP contribution in [0.1, 0.15) is 33.6 Å². The standard InChI is InChI=1S/C29H29ClFN5O4/c1-29(2,3)40-28(38)36-16-8-9-17(36)14-35(13-16)26-20-12-32-24(23(31)25(20)33-27(34-26)39-4)19-11-18(37)10-15-6-5-7-21(30)22(15)19/h5-7,10-12,16-17,37H,8-9,13-14H2,1-4H3/t16-,17+. The van der Waals surface area contributed by atoms with Crippen LogP contribution in [0.4, 0.5) is 15.0 Å². The van der Waals surface area contributed by atoms with Gasteiger partial charge in [0, 0.05) is 35.3 Å². The van der Waals surface area contributed by atoms with Crippen LogP contribution in [0, 0.1) is 5.82 Å². The first-order valence-corrected chi connectivity index (χ1v) is 13.5. The van der Waals surface area contributed by atoms with Gasteiger partial charge in [0.1, 0.15) is 28.4 Å². The number of phenols is 1. The van der Waals surface area contributed by atoms with Crippen LogP contribution in [-0.2, 0) is 4.74 Å². The van der Waals surface area contributed by atoms with E-state index < -0.39 is 11.4 Å². The fraction of sp³-hybridized carbons (Fsp3) is 0.379. The third kappa shape index (κ3) is 4.50. The van der Waals surface area contributed by atoms with Crippen molar-refractivity contribution in [3.05, 3.63) is 47.4 Å². The van der Waals surface area contributed by atoms with Crippen molar-refractivity contribution >= 4 is 45.2 Å². The average Bonchev–Trinajstić information content (AvgIpc) is 3.16. The van der Waals surface area contributed by atoms with E-state index in [1.54, 1.807) is 24.3 Å². The van der Waals surface area contributed by atoms with E-state index in [4.69, 9.17) is 21.1 Å². The number of carbonyl (C=O) groups excluding carboxylic acids is 1. The van der Waals surface area contributed by atoms with Gasteiger partial charge in [0.25, 0.3) is 0 Å². The summed E-state index contributed by atoms with van der Waals surface area (Å²) in [5, 5.41) is 12.4. The van der Waals surface area contributed by atoms with Crippen LogP contribution >= 0.6 is 11.6 Å². The van der Waals surface area contributed by atoms with Gasteiger partial charge in [-0.2, -0.15) is 9.97 Å². The Morgan fingerprint density at radius 2 is 1.88 bits per heavy atom. The van der Waals surface area contributed by atoms with Gasteiger partial charge in [-0.1, -0.05) is 23.7 Å². The van der Waals surface area contributed by atoms with Crippen molar-refractivity contribution < 1.29 is 23.8 Å². The van der Waals surface area contributed by atoms with Crippen LogP contribution in [-0.4, -0.2) is 68.9 Å². The summed E-state index contributed by atoms with van der Waals surface area (Å²) in [5.74, 6) is -0.230. The quantitative estimate of drug-likeness (QED) is 0.326. The number of amides is 1. The molecule has 2 aromatic carbocycles. The number of anilines is 1. The third-order valence-electron chi connectivity index (χ3n) is 7.38. The van der Waals surface area contributed by atoms with Gasteiger partial charge >= 0.3 is 12.1 Å². The maximum atomic E-state index is 16.3. The Morgan fingerprint density at radius 3 is 2.55 bits per heavy atom. The van der Waals surface area contributed by atoms with Crippen LogP contribution in [0.5, 0.6) is 11.8 Å². The summed E-state index contributed by atoms with van der Waals surface area (Å²) >= 11 is 6.49. The van der Waals surface area contributed by atoms with E-state index in [1.165, 1.54) is 19.4 Å². The molecule has 2 bridgehead atoms. The molecule has 2 aliphatic rings. The summed E-state index contributed by atoms with van der Waals surface area (Å²) in [7, 11) is 1.43. The highest BCUT2D eigenvalue weighted by Gasteiger charge is 2.45. The minimum atomic E-state index is -0.679. The molecule has 2 aliphatic heterocycles. The van der Waals surface area contributed by atoms with Crippen molar-refractivity contribution in [2.75, 3.05) is 25.1 Å². The molecule has 2 aromatic heterocycles. The lowest BCUT2D eigenvalue weighted by atomic mass is 10.00. The summed E-state index contributed by atoms with van der Waals surface area (Å²) in [5.41, 5.74) is -0.195. The zero-order valence-corrected chi connectivity index (χ0v) is 23.4. The molecule has 2 saturated heterocycles. The molecule has 0 spiro atoms. The zero-order chi connectivity index (χ0) is 28.3. The summed E-state index contributed by atoms with van der Waals surface area (Å²) < 4.78 is 27.3. The molecule has 1 N–H and O–H groups in total. The number of pyridine rings is 1. The molecule has 40 heavy (non-hydrogen) atoms. The van der Waals surface area contributed by atoms with E-state index in [9.17, 15) is 9.90 Å². The fourth-order valence-electron chi connectivity index (χ4n) is 5.78. The highest BCUT2D eigenvalue weighted by Crippen LogP contribution is 2.40. The molecule has 1 amide bonds. The number of ether oxygens (including phenoxy) is 2. The third-order valence-corrected chi connectivity index (χ3v) is 7.69. The lowest BCUT2D eigenvalue weighted by molar-refractivity contribution is 0.0123. The first-order chi connectivity index (χ1) is 19.0. The Morgan fingerprint density at radius 1 is 1.15 bits per heavy atom. The number of piperazine rings is 1. The minimum absolute atomic E-state index is 0.00279. The number of methoxy groups -OCH3 is 1. The number of carbonyl (C=O) groups is 1. The minimum Gasteiger partial charge on any atom is -0.508 e. The summed E-state index contributed by atoms with van der Waals surface area (Å²) in [6, 6.07) is 8.15. The molecule has 4 aromatic rings. The predicted octanol–water partition coefficient (Wildman–Crippen LogP) is 5.94. The molecule has 6 rings (SSSR count). The number of fused-ring (bicyclic) bond motifs is 4. The van der Waals surface area contributed by atoms with Gasteiger partial charge in [-0.15, -0.1) is 0 Å². The molecule has 208 valence electrons. The van der Waals surface area contributed by atoms with Crippen LogP contribution < -0.4 is 9.64 Å². The molecular formula is C29H29ClFN5O4. The topological polar surface area (TPSA) is 101 Å². The average molecular weight is 566 g/mol. The van der Waals surface area contributed by atoms with Crippen molar-refractivity contribution in [1.82, 2.24) is 19.9 Å². The van der Waals surface area contributed by atoms with E-state index in [1.807, 2.05) is 30.6 Å². The molecule has 0 radical (unpaired) electrons. The maximum absolute atomic E-state index is 16.3. The Balaban J connectivity index is 1.43. The predicted molar refractivity (Wildman–Crippen MR) is 151 cm³/mol. The van der Waals surface area contributed by atoms with Crippen molar-refractivity contribution in [3.8, 4) is 23.0 Å². The number of rotatable bonds is 3. The van der Waals surface area contributed by atoms with Crippen molar-refractivity contribution in [2.45, 2.75) is 51.3 Å². The SMILES string of the molecule is COc1nc(N2C[C@H]3CC[C@@H](C2)N3C(=O)OC(C)(C)C)c2cnc(-c3cc(O)cc4cccc(Cl)c34)c(F)c2n1. The second kappa shape index (κ2) is 9.62. The van der Waals surface area contributed by atoms with E-state index in [2.05, 4.69) is 15.0 Å². The molecule has 11 heteroatoms. The number of nitrogens with zero attached hydrogens (tertiary/aromatic N) is 5. The molecule has 0 unspecified atom stereocenters. The number of benzene rings is 2. The van der Waals surface area contributed by atoms with Crippen LogP contribution in [0.2, 0.25) is 5.02 Å². The Kier molecular flexibility index (Phi) is 6.33. The molecule has 2 atom stereocenters. The largest absolute Gasteiger partial charge is 0.508 e. The van der Waals surface area contributed by atoms with E-state index >= 15 is 4.39 Å². The number of aromatic nitrogens is 3. The summed E-state index contributed by atoms with van der Waals surface area (Å²) in [6.45, 7) is 6.56. The second-order valence-electron chi connectivity index (χ2n) is 11.2. The van der Waals surface area contributed by atoms with E-state index in [0.717, 1.165) is 12.8 Å². The first kappa shape index (κ1) is 26.3. The molecule has 4 heterocycles.